The Hall–Kier alpha value is -1.84. The Morgan fingerprint density at radius 1 is 1.46 bits per heavy atom. The van der Waals surface area contributed by atoms with Crippen LogP contribution in [0.1, 0.15) is 32.6 Å². The van der Waals surface area contributed by atoms with Gasteiger partial charge in [-0.25, -0.2) is 13.5 Å². The lowest BCUT2D eigenvalue weighted by molar-refractivity contribution is -0.124. The van der Waals surface area contributed by atoms with Gasteiger partial charge in [-0.3, -0.25) is 9.59 Å². The van der Waals surface area contributed by atoms with Crippen LogP contribution in [0.5, 0.6) is 0 Å². The molecule has 8 nitrogen and oxygen atoms in total. The van der Waals surface area contributed by atoms with E-state index in [0.29, 0.717) is 24.4 Å². The third kappa shape index (κ3) is 6.15. The number of hydrogen-bond acceptors (Lipinski definition) is 5. The molecule has 144 valence electrons. The van der Waals surface area contributed by atoms with Crippen molar-refractivity contribution in [2.75, 3.05) is 13.1 Å². The molecule has 1 aromatic rings. The van der Waals surface area contributed by atoms with Crippen molar-refractivity contribution in [3.8, 4) is 0 Å². The molecule has 2 heterocycles. The van der Waals surface area contributed by atoms with E-state index in [1.165, 1.54) is 0 Å². The first-order chi connectivity index (χ1) is 12.4. The minimum atomic E-state index is -1.45. The number of carbonyl (C=O) groups excluding carboxylic acids is 2. The Bertz CT molecular complexity index is 643. The fourth-order valence-corrected chi connectivity index (χ4v) is 4.20. The van der Waals surface area contributed by atoms with E-state index in [4.69, 9.17) is 5.73 Å². The average molecular weight is 382 g/mol. The summed E-state index contributed by atoms with van der Waals surface area (Å²) in [6.45, 7) is 2.52. The van der Waals surface area contributed by atoms with Crippen LogP contribution in [0, 0.1) is 5.92 Å². The maximum Gasteiger partial charge on any atom is 0.220 e. The van der Waals surface area contributed by atoms with Crippen molar-refractivity contribution in [2.45, 2.75) is 49.8 Å². The molecule has 1 aliphatic rings. The topological polar surface area (TPSA) is 126 Å². The Labute approximate surface area is 155 Å². The van der Waals surface area contributed by atoms with Crippen molar-refractivity contribution in [1.29, 1.82) is 0 Å². The minimum absolute atomic E-state index is 0.149. The molecule has 26 heavy (non-hydrogen) atoms. The quantitative estimate of drug-likeness (QED) is 0.609. The first-order valence-corrected chi connectivity index (χ1v) is 9.81. The molecule has 1 aliphatic heterocycles. The fourth-order valence-electron chi connectivity index (χ4n) is 3.01. The summed E-state index contributed by atoms with van der Waals surface area (Å²) in [5.74, 6) is -0.807. The lowest BCUT2D eigenvalue weighted by atomic mass is 10.0. The molecule has 2 amide bonds. The van der Waals surface area contributed by atoms with Gasteiger partial charge in [-0.05, 0) is 30.9 Å². The Morgan fingerprint density at radius 3 is 2.88 bits per heavy atom. The normalized spacial score (nSPS) is 23.6. The SMILES string of the molecule is C[C@@H](CC(N)=O)CC(=O)NC1CCCN(S(=O)c2ccccn2)CC1O. The smallest absolute Gasteiger partial charge is 0.220 e. The van der Waals surface area contributed by atoms with Crippen molar-refractivity contribution in [3.05, 3.63) is 24.4 Å². The van der Waals surface area contributed by atoms with Gasteiger partial charge in [0.1, 0.15) is 16.0 Å². The van der Waals surface area contributed by atoms with E-state index in [0.717, 1.165) is 0 Å². The van der Waals surface area contributed by atoms with Gasteiger partial charge in [0.05, 0.1) is 12.1 Å². The second kappa shape index (κ2) is 9.75. The van der Waals surface area contributed by atoms with Gasteiger partial charge < -0.3 is 16.2 Å². The maximum absolute atomic E-state index is 12.6. The van der Waals surface area contributed by atoms with Crippen LogP contribution in [0.15, 0.2) is 29.4 Å². The van der Waals surface area contributed by atoms with Crippen molar-refractivity contribution in [2.24, 2.45) is 11.7 Å². The molecule has 0 saturated carbocycles. The van der Waals surface area contributed by atoms with Crippen LogP contribution in [0.2, 0.25) is 0 Å². The van der Waals surface area contributed by atoms with Crippen LogP contribution in [0.4, 0.5) is 0 Å². The molecule has 0 spiro atoms. The van der Waals surface area contributed by atoms with E-state index in [1.807, 2.05) is 0 Å². The summed E-state index contributed by atoms with van der Waals surface area (Å²) >= 11 is 0. The molecule has 9 heteroatoms. The molecule has 1 fully saturated rings. The van der Waals surface area contributed by atoms with Crippen LogP contribution < -0.4 is 11.1 Å². The fraction of sp³-hybridized carbons (Fsp3) is 0.588. The molecule has 0 aromatic carbocycles. The maximum atomic E-state index is 12.6. The first-order valence-electron chi connectivity index (χ1n) is 8.70. The second-order valence-corrected chi connectivity index (χ2v) is 8.10. The van der Waals surface area contributed by atoms with Gasteiger partial charge in [0.15, 0.2) is 0 Å². The molecule has 0 aliphatic carbocycles. The molecule has 4 atom stereocenters. The standard InChI is InChI=1S/C17H26N4O4S/c1-12(9-15(18)23)10-16(24)20-13-5-4-8-21(11-14(13)22)26(25)17-6-2-3-7-19-17/h2-3,6-7,12-14,22H,4-5,8-11H2,1H3,(H2,18,23)(H,20,24)/t12-,13?,14?,26?/m0/s1. The minimum Gasteiger partial charge on any atom is -0.390 e. The van der Waals surface area contributed by atoms with Gasteiger partial charge in [0, 0.05) is 32.1 Å². The number of aromatic nitrogens is 1. The Morgan fingerprint density at radius 2 is 2.23 bits per heavy atom. The number of aliphatic hydroxyl groups is 1. The van der Waals surface area contributed by atoms with Crippen LogP contribution in [-0.2, 0) is 20.6 Å². The highest BCUT2D eigenvalue weighted by Crippen LogP contribution is 2.17. The molecule has 4 N–H and O–H groups in total. The van der Waals surface area contributed by atoms with E-state index in [1.54, 1.807) is 35.6 Å². The number of primary amides is 1. The molecule has 1 aromatic heterocycles. The van der Waals surface area contributed by atoms with Crippen LogP contribution in [0.3, 0.4) is 0 Å². The molecular formula is C17H26N4O4S. The van der Waals surface area contributed by atoms with Crippen molar-refractivity contribution in [3.63, 3.8) is 0 Å². The third-order valence-corrected chi connectivity index (χ3v) is 5.66. The molecule has 2 rings (SSSR count). The van der Waals surface area contributed by atoms with Crippen molar-refractivity contribution < 1.29 is 18.9 Å². The zero-order valence-electron chi connectivity index (χ0n) is 14.8. The van der Waals surface area contributed by atoms with Crippen molar-refractivity contribution in [1.82, 2.24) is 14.6 Å². The van der Waals surface area contributed by atoms with Crippen LogP contribution in [0.25, 0.3) is 0 Å². The number of nitrogens with one attached hydrogen (secondary N) is 1. The van der Waals surface area contributed by atoms with Crippen molar-refractivity contribution >= 4 is 22.8 Å². The zero-order chi connectivity index (χ0) is 19.1. The number of amides is 2. The van der Waals surface area contributed by atoms with Gasteiger partial charge >= 0.3 is 0 Å². The Kier molecular flexibility index (Phi) is 7.67. The number of aliphatic hydroxyl groups excluding tert-OH is 1. The summed E-state index contributed by atoms with van der Waals surface area (Å²) in [5.41, 5.74) is 5.14. The summed E-state index contributed by atoms with van der Waals surface area (Å²) in [4.78, 5) is 27.1. The number of pyridine rings is 1. The van der Waals surface area contributed by atoms with Gasteiger partial charge in [-0.2, -0.15) is 0 Å². The first kappa shape index (κ1) is 20.5. The largest absolute Gasteiger partial charge is 0.390 e. The molecule has 1 saturated heterocycles. The van der Waals surface area contributed by atoms with Gasteiger partial charge in [-0.15, -0.1) is 0 Å². The van der Waals surface area contributed by atoms with Gasteiger partial charge in [0.25, 0.3) is 0 Å². The van der Waals surface area contributed by atoms with Gasteiger partial charge in [0.2, 0.25) is 11.8 Å². The molecule has 0 bridgehead atoms. The predicted octanol–water partition coefficient (Wildman–Crippen LogP) is -0.0527. The summed E-state index contributed by atoms with van der Waals surface area (Å²) in [5, 5.41) is 13.7. The number of nitrogens with two attached hydrogens (primary N) is 1. The molecule has 3 unspecified atom stereocenters. The lowest BCUT2D eigenvalue weighted by Crippen LogP contribution is -2.46. The van der Waals surface area contributed by atoms with E-state index in [9.17, 15) is 18.9 Å². The summed E-state index contributed by atoms with van der Waals surface area (Å²) in [7, 11) is -1.45. The summed E-state index contributed by atoms with van der Waals surface area (Å²) < 4.78 is 14.3. The van der Waals surface area contributed by atoms with E-state index in [2.05, 4.69) is 10.3 Å². The van der Waals surface area contributed by atoms with E-state index >= 15 is 0 Å². The number of carbonyl (C=O) groups is 2. The highest BCUT2D eigenvalue weighted by molar-refractivity contribution is 7.82. The van der Waals surface area contributed by atoms with E-state index < -0.39 is 29.0 Å². The second-order valence-electron chi connectivity index (χ2n) is 6.67. The Balaban J connectivity index is 1.90. The lowest BCUT2D eigenvalue weighted by Gasteiger charge is -2.24. The monoisotopic (exact) mass is 382 g/mol. The number of β-amino-alcohol motifs (C(OH)–C–C–N with tert-alkyl or cyclic N) is 1. The number of hydrogen-bond donors (Lipinski definition) is 3. The highest BCUT2D eigenvalue weighted by atomic mass is 32.2. The van der Waals surface area contributed by atoms with E-state index in [-0.39, 0.29) is 31.2 Å². The van der Waals surface area contributed by atoms with Crippen LogP contribution in [-0.4, -0.2) is 55.7 Å². The van der Waals surface area contributed by atoms with Gasteiger partial charge in [-0.1, -0.05) is 13.0 Å². The zero-order valence-corrected chi connectivity index (χ0v) is 15.7. The number of rotatable bonds is 7. The summed E-state index contributed by atoms with van der Waals surface area (Å²) in [6, 6.07) is 4.80. The average Bonchev–Trinajstić information content (AvgIpc) is 2.76. The number of nitrogens with zero attached hydrogens (tertiary/aromatic N) is 2. The summed E-state index contributed by atoms with van der Waals surface area (Å²) in [6.07, 6.45) is 2.36. The highest BCUT2D eigenvalue weighted by Gasteiger charge is 2.30. The predicted molar refractivity (Wildman–Crippen MR) is 97.0 cm³/mol. The molecular weight excluding hydrogens is 356 g/mol. The van der Waals surface area contributed by atoms with Crippen LogP contribution >= 0.6 is 0 Å². The molecule has 0 radical (unpaired) electrons. The third-order valence-electron chi connectivity index (χ3n) is 4.26.